The van der Waals surface area contributed by atoms with Crippen molar-refractivity contribution in [1.29, 1.82) is 0 Å². The molecule has 0 spiro atoms. The summed E-state index contributed by atoms with van der Waals surface area (Å²) in [6.45, 7) is 8.67. The summed E-state index contributed by atoms with van der Waals surface area (Å²) in [5.74, 6) is 0. The third-order valence-electron chi connectivity index (χ3n) is 4.52. The first-order valence-electron chi connectivity index (χ1n) is 7.45. The molecule has 0 aromatic carbocycles. The molecular weight excluding hydrogens is 210 g/mol. The topological polar surface area (TPSA) is 18.5 Å². The molecule has 2 aliphatic rings. The highest BCUT2D eigenvalue weighted by atomic mass is 15.3. The Morgan fingerprint density at radius 2 is 2.18 bits per heavy atom. The predicted molar refractivity (Wildman–Crippen MR) is 73.4 cm³/mol. The number of nitrogens with one attached hydrogen (secondary N) is 1. The molecule has 2 unspecified atom stereocenters. The molecular formula is C14H29N3. The van der Waals surface area contributed by atoms with Gasteiger partial charge in [0.25, 0.3) is 0 Å². The number of piperazine rings is 1. The summed E-state index contributed by atoms with van der Waals surface area (Å²) in [5.41, 5.74) is 0. The fourth-order valence-electron chi connectivity index (χ4n) is 3.22. The molecule has 2 atom stereocenters. The second kappa shape index (κ2) is 6.72. The lowest BCUT2D eigenvalue weighted by atomic mass is 10.1. The van der Waals surface area contributed by atoms with Gasteiger partial charge in [-0.05, 0) is 52.2 Å². The Bertz CT molecular complexity index is 214. The lowest BCUT2D eigenvalue weighted by molar-refractivity contribution is 0.0916. The third-order valence-corrected chi connectivity index (χ3v) is 4.52. The van der Waals surface area contributed by atoms with Gasteiger partial charge in [0.1, 0.15) is 0 Å². The lowest BCUT2D eigenvalue weighted by Gasteiger charge is -2.39. The first-order valence-corrected chi connectivity index (χ1v) is 7.45. The standard InChI is InChI=1S/C14H29N3/c1-3-14-12-17(11-10-16(14)2)9-5-7-13-6-4-8-15-13/h13-15H,3-12H2,1-2H3. The van der Waals surface area contributed by atoms with Crippen LogP contribution in [0.5, 0.6) is 0 Å². The smallest absolute Gasteiger partial charge is 0.0218 e. The second-order valence-corrected chi connectivity index (χ2v) is 5.78. The van der Waals surface area contributed by atoms with Gasteiger partial charge >= 0.3 is 0 Å². The maximum Gasteiger partial charge on any atom is 0.0218 e. The molecule has 0 aromatic heterocycles. The number of likely N-dealkylation sites (N-methyl/N-ethyl adjacent to an activating group) is 1. The quantitative estimate of drug-likeness (QED) is 0.785. The molecule has 0 radical (unpaired) electrons. The van der Waals surface area contributed by atoms with E-state index in [1.54, 1.807) is 0 Å². The minimum absolute atomic E-state index is 0.786. The van der Waals surface area contributed by atoms with Crippen LogP contribution in [0.2, 0.25) is 0 Å². The lowest BCUT2D eigenvalue weighted by Crippen LogP contribution is -2.51. The van der Waals surface area contributed by atoms with Gasteiger partial charge < -0.3 is 15.1 Å². The molecule has 0 aliphatic carbocycles. The van der Waals surface area contributed by atoms with Crippen molar-refractivity contribution >= 4 is 0 Å². The molecule has 0 aromatic rings. The molecule has 2 saturated heterocycles. The van der Waals surface area contributed by atoms with Gasteiger partial charge in [-0.25, -0.2) is 0 Å². The van der Waals surface area contributed by atoms with Crippen molar-refractivity contribution in [2.75, 3.05) is 39.8 Å². The van der Waals surface area contributed by atoms with E-state index in [0.29, 0.717) is 0 Å². The predicted octanol–water partition coefficient (Wildman–Crippen LogP) is 1.54. The van der Waals surface area contributed by atoms with Crippen LogP contribution in [0.3, 0.4) is 0 Å². The van der Waals surface area contributed by atoms with E-state index >= 15 is 0 Å². The number of hydrogen-bond donors (Lipinski definition) is 1. The van der Waals surface area contributed by atoms with E-state index in [1.807, 2.05) is 0 Å². The van der Waals surface area contributed by atoms with Crippen LogP contribution < -0.4 is 5.32 Å². The van der Waals surface area contributed by atoms with Gasteiger partial charge in [-0.15, -0.1) is 0 Å². The molecule has 3 heteroatoms. The number of rotatable bonds is 5. The molecule has 2 rings (SSSR count). The summed E-state index contributed by atoms with van der Waals surface area (Å²) in [6, 6.07) is 1.61. The average molecular weight is 239 g/mol. The van der Waals surface area contributed by atoms with Crippen molar-refractivity contribution in [3.8, 4) is 0 Å². The van der Waals surface area contributed by atoms with Crippen molar-refractivity contribution in [3.63, 3.8) is 0 Å². The summed E-state index contributed by atoms with van der Waals surface area (Å²) in [4.78, 5) is 5.19. The van der Waals surface area contributed by atoms with E-state index in [1.165, 1.54) is 64.8 Å². The van der Waals surface area contributed by atoms with Crippen molar-refractivity contribution < 1.29 is 0 Å². The van der Waals surface area contributed by atoms with Crippen molar-refractivity contribution in [1.82, 2.24) is 15.1 Å². The Labute approximate surface area is 107 Å². The minimum atomic E-state index is 0.786. The highest BCUT2D eigenvalue weighted by Gasteiger charge is 2.22. The van der Waals surface area contributed by atoms with Crippen LogP contribution in [0.4, 0.5) is 0 Å². The average Bonchev–Trinajstić information content (AvgIpc) is 2.84. The van der Waals surface area contributed by atoms with E-state index in [-0.39, 0.29) is 0 Å². The van der Waals surface area contributed by atoms with Crippen LogP contribution in [0.25, 0.3) is 0 Å². The molecule has 17 heavy (non-hydrogen) atoms. The molecule has 3 nitrogen and oxygen atoms in total. The molecule has 2 aliphatic heterocycles. The largest absolute Gasteiger partial charge is 0.314 e. The van der Waals surface area contributed by atoms with Gasteiger partial charge in [-0.3, -0.25) is 0 Å². The summed E-state index contributed by atoms with van der Waals surface area (Å²) in [5, 5.41) is 3.59. The van der Waals surface area contributed by atoms with Crippen LogP contribution in [0.15, 0.2) is 0 Å². The first-order chi connectivity index (χ1) is 8.29. The fraction of sp³-hybridized carbons (Fsp3) is 1.00. The maximum atomic E-state index is 3.59. The zero-order valence-electron chi connectivity index (χ0n) is 11.6. The van der Waals surface area contributed by atoms with E-state index in [4.69, 9.17) is 0 Å². The third kappa shape index (κ3) is 3.94. The van der Waals surface area contributed by atoms with Crippen molar-refractivity contribution in [2.45, 2.75) is 51.1 Å². The molecule has 2 fully saturated rings. The Balaban J connectivity index is 1.62. The van der Waals surface area contributed by atoms with Crippen LogP contribution in [0.1, 0.15) is 39.0 Å². The van der Waals surface area contributed by atoms with Gasteiger partial charge in [0.05, 0.1) is 0 Å². The molecule has 0 saturated carbocycles. The van der Waals surface area contributed by atoms with Gasteiger partial charge in [-0.1, -0.05) is 6.92 Å². The van der Waals surface area contributed by atoms with Crippen LogP contribution >= 0.6 is 0 Å². The summed E-state index contributed by atoms with van der Waals surface area (Å²) in [6.07, 6.45) is 6.83. The fourth-order valence-corrected chi connectivity index (χ4v) is 3.22. The van der Waals surface area contributed by atoms with E-state index in [0.717, 1.165) is 12.1 Å². The van der Waals surface area contributed by atoms with Gasteiger partial charge in [0.2, 0.25) is 0 Å². The van der Waals surface area contributed by atoms with E-state index < -0.39 is 0 Å². The first kappa shape index (κ1) is 13.3. The van der Waals surface area contributed by atoms with Crippen LogP contribution in [-0.4, -0.2) is 61.7 Å². The normalized spacial score (nSPS) is 32.1. The van der Waals surface area contributed by atoms with Gasteiger partial charge in [-0.2, -0.15) is 0 Å². The van der Waals surface area contributed by atoms with Crippen LogP contribution in [-0.2, 0) is 0 Å². The Kier molecular flexibility index (Phi) is 5.26. The number of hydrogen-bond acceptors (Lipinski definition) is 3. The summed E-state index contributed by atoms with van der Waals surface area (Å²) in [7, 11) is 2.27. The Morgan fingerprint density at radius 1 is 1.29 bits per heavy atom. The molecule has 0 amide bonds. The monoisotopic (exact) mass is 239 g/mol. The minimum Gasteiger partial charge on any atom is -0.314 e. The van der Waals surface area contributed by atoms with E-state index in [9.17, 15) is 0 Å². The van der Waals surface area contributed by atoms with E-state index in [2.05, 4.69) is 29.1 Å². The Hall–Kier alpha value is -0.120. The highest BCUT2D eigenvalue weighted by molar-refractivity contribution is 4.80. The van der Waals surface area contributed by atoms with Gasteiger partial charge in [0.15, 0.2) is 0 Å². The molecule has 1 N–H and O–H groups in total. The van der Waals surface area contributed by atoms with Gasteiger partial charge in [0, 0.05) is 31.7 Å². The van der Waals surface area contributed by atoms with Crippen molar-refractivity contribution in [3.05, 3.63) is 0 Å². The molecule has 100 valence electrons. The molecule has 2 heterocycles. The summed E-state index contributed by atoms with van der Waals surface area (Å²) < 4.78 is 0. The second-order valence-electron chi connectivity index (χ2n) is 5.78. The van der Waals surface area contributed by atoms with Crippen molar-refractivity contribution in [2.24, 2.45) is 0 Å². The zero-order valence-corrected chi connectivity index (χ0v) is 11.6. The number of nitrogens with zero attached hydrogens (tertiary/aromatic N) is 2. The van der Waals surface area contributed by atoms with Crippen LogP contribution in [0, 0.1) is 0 Å². The maximum absolute atomic E-state index is 3.59. The summed E-state index contributed by atoms with van der Waals surface area (Å²) >= 11 is 0. The highest BCUT2D eigenvalue weighted by Crippen LogP contribution is 2.14. The SMILES string of the molecule is CCC1CN(CCCC2CCCN2)CCN1C. The Morgan fingerprint density at radius 3 is 2.88 bits per heavy atom. The molecule has 0 bridgehead atoms. The zero-order chi connectivity index (χ0) is 12.1.